The lowest BCUT2D eigenvalue weighted by molar-refractivity contribution is 0.0215. The fourth-order valence-electron chi connectivity index (χ4n) is 1.77. The molecule has 1 rings (SSSR count). The van der Waals surface area contributed by atoms with Crippen molar-refractivity contribution in [3.63, 3.8) is 0 Å². The highest BCUT2D eigenvalue weighted by atomic mass is 32.5. The van der Waals surface area contributed by atoms with Crippen LogP contribution in [0.1, 0.15) is 13.8 Å². The van der Waals surface area contributed by atoms with Gasteiger partial charge in [0.2, 0.25) is 0 Å². The number of morpholine rings is 1. The van der Waals surface area contributed by atoms with E-state index in [0.29, 0.717) is 6.61 Å². The Morgan fingerprint density at radius 2 is 2.06 bits per heavy atom. The molecule has 2 unspecified atom stereocenters. The number of ether oxygens (including phenoxy) is 1. The molecule has 1 saturated heterocycles. The maximum absolute atomic E-state index is 5.80. The van der Waals surface area contributed by atoms with Crippen molar-refractivity contribution in [3.05, 3.63) is 0 Å². The van der Waals surface area contributed by atoms with E-state index in [9.17, 15) is 0 Å². The third-order valence-electron chi connectivity index (χ3n) is 2.35. The standard InChI is InChI=1S/C10H22NO3PS/c1-4-13-15(3,16)14-10(2)9-11-5-7-12-8-6-11/h10H,4-9H2,1-3H3. The average Bonchev–Trinajstić information content (AvgIpc) is 2.17. The summed E-state index contributed by atoms with van der Waals surface area (Å²) in [7, 11) is 0. The van der Waals surface area contributed by atoms with Crippen LogP contribution < -0.4 is 0 Å². The molecule has 1 aliphatic heterocycles. The topological polar surface area (TPSA) is 30.9 Å². The largest absolute Gasteiger partial charge is 0.379 e. The molecule has 6 heteroatoms. The third-order valence-corrected chi connectivity index (χ3v) is 4.40. The predicted molar refractivity (Wildman–Crippen MR) is 69.6 cm³/mol. The Balaban J connectivity index is 2.28. The molecular weight excluding hydrogens is 245 g/mol. The van der Waals surface area contributed by atoms with Crippen molar-refractivity contribution in [3.8, 4) is 0 Å². The molecule has 1 aliphatic rings. The molecule has 16 heavy (non-hydrogen) atoms. The summed E-state index contributed by atoms with van der Waals surface area (Å²) in [5.41, 5.74) is 0. The van der Waals surface area contributed by atoms with Gasteiger partial charge in [0.25, 0.3) is 0 Å². The zero-order valence-corrected chi connectivity index (χ0v) is 12.1. The number of hydrogen-bond acceptors (Lipinski definition) is 5. The van der Waals surface area contributed by atoms with Gasteiger partial charge in [-0.3, -0.25) is 4.90 Å². The minimum atomic E-state index is -2.04. The molecule has 0 spiro atoms. The summed E-state index contributed by atoms with van der Waals surface area (Å²) in [5.74, 6) is 0. The lowest BCUT2D eigenvalue weighted by Crippen LogP contribution is -2.40. The maximum atomic E-state index is 5.80. The predicted octanol–water partition coefficient (Wildman–Crippen LogP) is 1.70. The van der Waals surface area contributed by atoms with E-state index in [2.05, 4.69) is 11.8 Å². The van der Waals surface area contributed by atoms with E-state index in [1.54, 1.807) is 0 Å². The summed E-state index contributed by atoms with van der Waals surface area (Å²) in [6.45, 7) is 8.98. The Morgan fingerprint density at radius 3 is 2.62 bits per heavy atom. The molecule has 4 nitrogen and oxygen atoms in total. The molecular formula is C10H22NO3PS. The van der Waals surface area contributed by atoms with Gasteiger partial charge in [-0.25, -0.2) is 0 Å². The Bertz CT molecular complexity index is 246. The molecule has 1 fully saturated rings. The Hall–Kier alpha value is 0.490. The average molecular weight is 267 g/mol. The van der Waals surface area contributed by atoms with Gasteiger partial charge in [0, 0.05) is 26.3 Å². The number of nitrogens with zero attached hydrogens (tertiary/aromatic N) is 1. The van der Waals surface area contributed by atoms with Crippen molar-refractivity contribution in [2.24, 2.45) is 0 Å². The highest BCUT2D eigenvalue weighted by molar-refractivity contribution is 8.09. The second-order valence-corrected chi connectivity index (χ2v) is 8.02. The van der Waals surface area contributed by atoms with Gasteiger partial charge in [0.1, 0.15) is 0 Å². The normalized spacial score (nSPS) is 23.9. The molecule has 0 aromatic heterocycles. The zero-order valence-electron chi connectivity index (χ0n) is 10.3. The molecule has 0 aliphatic carbocycles. The first kappa shape index (κ1) is 14.6. The van der Waals surface area contributed by atoms with Crippen LogP contribution in [-0.2, 0) is 25.6 Å². The molecule has 0 aromatic carbocycles. The van der Waals surface area contributed by atoms with Crippen molar-refractivity contribution in [1.82, 2.24) is 4.90 Å². The van der Waals surface area contributed by atoms with E-state index < -0.39 is 6.49 Å². The Labute approximate surface area is 103 Å². The summed E-state index contributed by atoms with van der Waals surface area (Å²) in [5, 5.41) is 0. The van der Waals surface area contributed by atoms with Crippen molar-refractivity contribution < 1.29 is 13.8 Å². The Morgan fingerprint density at radius 1 is 1.44 bits per heavy atom. The summed E-state index contributed by atoms with van der Waals surface area (Å²) in [4.78, 5) is 2.34. The van der Waals surface area contributed by atoms with Crippen LogP contribution >= 0.6 is 6.49 Å². The second-order valence-electron chi connectivity index (χ2n) is 4.02. The van der Waals surface area contributed by atoms with E-state index in [1.807, 2.05) is 13.6 Å². The molecule has 2 atom stereocenters. The van der Waals surface area contributed by atoms with Crippen LogP contribution in [0.3, 0.4) is 0 Å². The van der Waals surface area contributed by atoms with Crippen LogP contribution in [0.2, 0.25) is 0 Å². The van der Waals surface area contributed by atoms with E-state index >= 15 is 0 Å². The van der Waals surface area contributed by atoms with Crippen LogP contribution in [0.15, 0.2) is 0 Å². The van der Waals surface area contributed by atoms with Gasteiger partial charge in [-0.2, -0.15) is 0 Å². The minimum absolute atomic E-state index is 0.125. The van der Waals surface area contributed by atoms with Gasteiger partial charge in [-0.1, -0.05) is 0 Å². The first-order valence-corrected chi connectivity index (χ1v) is 8.82. The van der Waals surface area contributed by atoms with Crippen molar-refractivity contribution in [2.75, 3.05) is 46.1 Å². The minimum Gasteiger partial charge on any atom is -0.379 e. The zero-order chi connectivity index (χ0) is 12.0. The molecule has 0 radical (unpaired) electrons. The van der Waals surface area contributed by atoms with Gasteiger partial charge in [-0.05, 0) is 25.7 Å². The molecule has 1 heterocycles. The van der Waals surface area contributed by atoms with Gasteiger partial charge < -0.3 is 13.8 Å². The van der Waals surface area contributed by atoms with Crippen LogP contribution in [0, 0.1) is 0 Å². The first-order valence-electron chi connectivity index (χ1n) is 5.74. The smallest absolute Gasteiger partial charge is 0.185 e. The molecule has 0 N–H and O–H groups in total. The summed E-state index contributed by atoms with van der Waals surface area (Å²) >= 11 is 5.31. The molecule has 0 saturated carbocycles. The first-order chi connectivity index (χ1) is 7.53. The fraction of sp³-hybridized carbons (Fsp3) is 1.00. The SMILES string of the molecule is CCOP(C)(=S)OC(C)CN1CCOCC1. The number of rotatable bonds is 6. The summed E-state index contributed by atoms with van der Waals surface area (Å²) < 4.78 is 16.6. The van der Waals surface area contributed by atoms with E-state index in [4.69, 9.17) is 25.6 Å². The van der Waals surface area contributed by atoms with Gasteiger partial charge >= 0.3 is 0 Å². The van der Waals surface area contributed by atoms with E-state index in [1.165, 1.54) is 0 Å². The lowest BCUT2D eigenvalue weighted by Gasteiger charge is -2.30. The van der Waals surface area contributed by atoms with Crippen molar-refractivity contribution in [2.45, 2.75) is 20.0 Å². The molecule has 0 aromatic rings. The lowest BCUT2D eigenvalue weighted by atomic mass is 10.3. The highest BCUT2D eigenvalue weighted by Crippen LogP contribution is 2.45. The summed E-state index contributed by atoms with van der Waals surface area (Å²) in [6, 6.07) is 0. The van der Waals surface area contributed by atoms with Gasteiger partial charge in [0.15, 0.2) is 6.49 Å². The molecule has 0 bridgehead atoms. The third kappa shape index (κ3) is 5.71. The van der Waals surface area contributed by atoms with E-state index in [0.717, 1.165) is 32.8 Å². The maximum Gasteiger partial charge on any atom is 0.185 e. The number of hydrogen-bond donors (Lipinski definition) is 0. The van der Waals surface area contributed by atoms with Crippen LogP contribution in [0.4, 0.5) is 0 Å². The Kier molecular flexibility index (Phi) is 6.40. The van der Waals surface area contributed by atoms with Gasteiger partial charge in [0.05, 0.1) is 25.9 Å². The monoisotopic (exact) mass is 267 g/mol. The molecule has 0 amide bonds. The van der Waals surface area contributed by atoms with Crippen molar-refractivity contribution >= 4 is 18.3 Å². The summed E-state index contributed by atoms with van der Waals surface area (Å²) in [6.07, 6.45) is 0.125. The van der Waals surface area contributed by atoms with Crippen LogP contribution in [0.5, 0.6) is 0 Å². The van der Waals surface area contributed by atoms with Crippen LogP contribution in [-0.4, -0.2) is 57.1 Å². The highest BCUT2D eigenvalue weighted by Gasteiger charge is 2.19. The fourth-order valence-corrected chi connectivity index (χ4v) is 3.78. The van der Waals surface area contributed by atoms with Crippen molar-refractivity contribution in [1.29, 1.82) is 0 Å². The second kappa shape index (κ2) is 7.04. The molecule has 96 valence electrons. The van der Waals surface area contributed by atoms with Gasteiger partial charge in [-0.15, -0.1) is 0 Å². The quantitative estimate of drug-likeness (QED) is 0.684. The van der Waals surface area contributed by atoms with Crippen LogP contribution in [0.25, 0.3) is 0 Å². The van der Waals surface area contributed by atoms with E-state index in [-0.39, 0.29) is 6.10 Å².